The van der Waals surface area contributed by atoms with Crippen LogP contribution in [0.3, 0.4) is 0 Å². The average Bonchev–Trinajstić information content (AvgIpc) is 3.37. The molecule has 2 heterocycles. The molecule has 2 N–H and O–H groups in total. The third kappa shape index (κ3) is 3.47. The Balaban J connectivity index is 1.17. The number of hydrogen-bond donors (Lipinski definition) is 2. The molecule has 0 aromatic carbocycles. The third-order valence-electron chi connectivity index (χ3n) is 8.17. The van der Waals surface area contributed by atoms with Crippen molar-refractivity contribution in [2.45, 2.75) is 69.4 Å². The molecule has 8 heteroatoms. The zero-order chi connectivity index (χ0) is 20.9. The van der Waals surface area contributed by atoms with Gasteiger partial charge in [0, 0.05) is 38.7 Å². The first kappa shape index (κ1) is 20.1. The molecule has 0 unspecified atom stereocenters. The zero-order valence-corrected chi connectivity index (χ0v) is 18.0. The summed E-state index contributed by atoms with van der Waals surface area (Å²) in [5.41, 5.74) is -0.509. The van der Waals surface area contributed by atoms with Crippen molar-refractivity contribution in [1.29, 1.82) is 0 Å². The van der Waals surface area contributed by atoms with Crippen molar-refractivity contribution in [1.82, 2.24) is 20.4 Å². The molecule has 0 bridgehead atoms. The van der Waals surface area contributed by atoms with Crippen molar-refractivity contribution < 1.29 is 19.1 Å². The Labute approximate surface area is 178 Å². The largest absolute Gasteiger partial charge is 0.381 e. The number of carbonyl (C=O) groups excluding carboxylic acids is 3. The lowest BCUT2D eigenvalue weighted by atomic mass is 9.51. The molecule has 3 saturated carbocycles. The van der Waals surface area contributed by atoms with Crippen LogP contribution in [-0.4, -0.2) is 72.7 Å². The summed E-state index contributed by atoms with van der Waals surface area (Å²) < 4.78 is 5.49. The summed E-state index contributed by atoms with van der Waals surface area (Å²) in [5.74, 6) is 0.979. The van der Waals surface area contributed by atoms with Crippen LogP contribution in [0.2, 0.25) is 0 Å². The summed E-state index contributed by atoms with van der Waals surface area (Å²) in [5, 5.41) is 6.11. The van der Waals surface area contributed by atoms with E-state index < -0.39 is 5.54 Å². The normalized spacial score (nSPS) is 38.4. The van der Waals surface area contributed by atoms with Crippen LogP contribution < -0.4 is 10.6 Å². The highest BCUT2D eigenvalue weighted by molar-refractivity contribution is 6.07. The van der Waals surface area contributed by atoms with Gasteiger partial charge in [-0.05, 0) is 69.1 Å². The van der Waals surface area contributed by atoms with Crippen molar-refractivity contribution in [3.8, 4) is 0 Å². The molecule has 2 spiro atoms. The van der Waals surface area contributed by atoms with Gasteiger partial charge in [-0.25, -0.2) is 9.59 Å². The number of carbonyl (C=O) groups is 3. The Morgan fingerprint density at radius 1 is 1.10 bits per heavy atom. The van der Waals surface area contributed by atoms with E-state index in [2.05, 4.69) is 10.6 Å². The second-order valence-electron chi connectivity index (χ2n) is 10.4. The van der Waals surface area contributed by atoms with E-state index in [1.807, 2.05) is 4.90 Å². The number of hydrogen-bond acceptors (Lipinski definition) is 4. The molecule has 0 radical (unpaired) electrons. The number of likely N-dealkylation sites (N-methyl/N-ethyl adjacent to an activating group) is 1. The Hall–Kier alpha value is -1.83. The number of rotatable bonds is 5. The highest BCUT2D eigenvalue weighted by Gasteiger charge is 2.67. The van der Waals surface area contributed by atoms with Crippen LogP contribution in [0.1, 0.15) is 57.8 Å². The van der Waals surface area contributed by atoms with Gasteiger partial charge in [-0.3, -0.25) is 9.69 Å². The van der Waals surface area contributed by atoms with Crippen LogP contribution in [0.4, 0.5) is 9.59 Å². The van der Waals surface area contributed by atoms with E-state index in [4.69, 9.17) is 4.74 Å². The fourth-order valence-corrected chi connectivity index (χ4v) is 6.17. The van der Waals surface area contributed by atoms with Crippen molar-refractivity contribution in [3.63, 3.8) is 0 Å². The summed E-state index contributed by atoms with van der Waals surface area (Å²) in [6.07, 6.45) is 8.86. The van der Waals surface area contributed by atoms with Crippen LogP contribution in [0.25, 0.3) is 0 Å². The van der Waals surface area contributed by atoms with E-state index in [1.54, 1.807) is 7.05 Å². The van der Waals surface area contributed by atoms with Crippen molar-refractivity contribution >= 4 is 18.0 Å². The van der Waals surface area contributed by atoms with Gasteiger partial charge in [-0.2, -0.15) is 0 Å². The molecule has 2 saturated heterocycles. The maximum absolute atomic E-state index is 13.0. The second kappa shape index (κ2) is 7.39. The lowest BCUT2D eigenvalue weighted by Crippen LogP contribution is -2.65. The Morgan fingerprint density at radius 2 is 1.83 bits per heavy atom. The summed E-state index contributed by atoms with van der Waals surface area (Å²) in [6.45, 7) is 2.84. The van der Waals surface area contributed by atoms with Crippen LogP contribution in [0, 0.1) is 17.3 Å². The highest BCUT2D eigenvalue weighted by atomic mass is 16.5. The molecule has 166 valence electrons. The molecule has 0 aromatic heterocycles. The summed E-state index contributed by atoms with van der Waals surface area (Å²) in [4.78, 5) is 41.1. The maximum Gasteiger partial charge on any atom is 0.327 e. The van der Waals surface area contributed by atoms with Gasteiger partial charge >= 0.3 is 12.1 Å². The van der Waals surface area contributed by atoms with Gasteiger partial charge in [0.1, 0.15) is 5.54 Å². The van der Waals surface area contributed by atoms with Gasteiger partial charge in [0.25, 0.3) is 5.91 Å². The molecule has 2 aliphatic heterocycles. The monoisotopic (exact) mass is 418 g/mol. The third-order valence-corrected chi connectivity index (χ3v) is 8.17. The van der Waals surface area contributed by atoms with Gasteiger partial charge < -0.3 is 20.3 Å². The fraction of sp³-hybridized carbons (Fsp3) is 0.864. The van der Waals surface area contributed by atoms with Crippen LogP contribution in [0.15, 0.2) is 0 Å². The number of nitrogens with zero attached hydrogens (tertiary/aromatic N) is 2. The van der Waals surface area contributed by atoms with Crippen molar-refractivity contribution in [2.75, 3.05) is 33.4 Å². The first-order valence-corrected chi connectivity index (χ1v) is 11.6. The van der Waals surface area contributed by atoms with E-state index in [0.717, 1.165) is 58.1 Å². The molecule has 1 atom stereocenters. The summed E-state index contributed by atoms with van der Waals surface area (Å²) in [7, 11) is 1.61. The quantitative estimate of drug-likeness (QED) is 0.669. The van der Waals surface area contributed by atoms with E-state index in [-0.39, 0.29) is 29.4 Å². The summed E-state index contributed by atoms with van der Waals surface area (Å²) in [6, 6.07) is 0.0159. The minimum absolute atomic E-state index is 0.0308. The highest BCUT2D eigenvalue weighted by Crippen LogP contribution is 2.61. The molecule has 3 aliphatic carbocycles. The van der Waals surface area contributed by atoms with Crippen LogP contribution in [-0.2, 0) is 9.53 Å². The molecular weight excluding hydrogens is 384 g/mol. The van der Waals surface area contributed by atoms with Crippen LogP contribution >= 0.6 is 0 Å². The van der Waals surface area contributed by atoms with E-state index in [1.165, 1.54) is 17.7 Å². The molecule has 5 amide bonds. The summed E-state index contributed by atoms with van der Waals surface area (Å²) >= 11 is 0. The van der Waals surface area contributed by atoms with E-state index >= 15 is 0 Å². The maximum atomic E-state index is 13.0. The smallest absolute Gasteiger partial charge is 0.327 e. The predicted octanol–water partition coefficient (Wildman–Crippen LogP) is 2.09. The molecular formula is C22H34N4O4. The van der Waals surface area contributed by atoms with E-state index in [0.29, 0.717) is 25.0 Å². The predicted molar refractivity (Wildman–Crippen MR) is 110 cm³/mol. The molecule has 5 fully saturated rings. The van der Waals surface area contributed by atoms with Crippen molar-refractivity contribution in [3.05, 3.63) is 0 Å². The fourth-order valence-electron chi connectivity index (χ4n) is 6.17. The molecule has 0 aromatic rings. The topological polar surface area (TPSA) is 91.0 Å². The Morgan fingerprint density at radius 3 is 2.47 bits per heavy atom. The molecule has 5 aliphatic rings. The van der Waals surface area contributed by atoms with Gasteiger partial charge in [-0.15, -0.1) is 0 Å². The van der Waals surface area contributed by atoms with Gasteiger partial charge in [0.15, 0.2) is 0 Å². The first-order valence-electron chi connectivity index (χ1n) is 11.6. The van der Waals surface area contributed by atoms with Gasteiger partial charge in [0.2, 0.25) is 0 Å². The lowest BCUT2D eigenvalue weighted by Gasteiger charge is -2.58. The second-order valence-corrected chi connectivity index (χ2v) is 10.4. The lowest BCUT2D eigenvalue weighted by molar-refractivity contribution is -0.149. The standard InChI is InChI=1S/C22H34N4O4/c1-25-18(27)22(26(20(25)29)11-16-6-9-30-12-16)13-21(14-22)7-4-17(5-8-21)24-19(28)23-10-15-2-3-15/h15-17H,2-14H2,1H3,(H2,23,24,28)/t16-,17?,21?,22?/m1/s1. The first-order chi connectivity index (χ1) is 14.4. The van der Waals surface area contributed by atoms with Gasteiger partial charge in [-0.1, -0.05) is 0 Å². The molecule has 30 heavy (non-hydrogen) atoms. The molecule has 8 nitrogen and oxygen atoms in total. The number of ether oxygens (including phenoxy) is 1. The Bertz CT molecular complexity index is 715. The molecule has 5 rings (SSSR count). The Kier molecular flexibility index (Phi) is 4.95. The van der Waals surface area contributed by atoms with Crippen molar-refractivity contribution in [2.24, 2.45) is 17.3 Å². The van der Waals surface area contributed by atoms with Gasteiger partial charge in [0.05, 0.1) is 6.61 Å². The minimum Gasteiger partial charge on any atom is -0.381 e. The number of urea groups is 2. The number of amides is 5. The number of nitrogens with one attached hydrogen (secondary N) is 2. The average molecular weight is 419 g/mol. The SMILES string of the molecule is CN1C(=O)N(C[C@H]2CCOC2)C2(CC3(CCC(NC(=O)NCC4CC4)CC3)C2)C1=O. The van der Waals surface area contributed by atoms with E-state index in [9.17, 15) is 14.4 Å². The number of imide groups is 1. The minimum atomic E-state index is -0.643. The van der Waals surface area contributed by atoms with Crippen LogP contribution in [0.5, 0.6) is 0 Å². The zero-order valence-electron chi connectivity index (χ0n) is 18.0.